The van der Waals surface area contributed by atoms with E-state index in [1.165, 1.54) is 0 Å². The van der Waals surface area contributed by atoms with Gasteiger partial charge in [0.1, 0.15) is 25.1 Å². The Labute approximate surface area is 163 Å². The first-order valence-electron chi connectivity index (χ1n) is 9.54. The van der Waals surface area contributed by atoms with Gasteiger partial charge < -0.3 is 24.3 Å². The van der Waals surface area contributed by atoms with Crippen LogP contribution in [0.5, 0.6) is 11.5 Å². The first-order chi connectivity index (χ1) is 13.6. The summed E-state index contributed by atoms with van der Waals surface area (Å²) >= 11 is 0. The summed E-state index contributed by atoms with van der Waals surface area (Å²) in [4.78, 5) is 31.7. The molecule has 3 heterocycles. The van der Waals surface area contributed by atoms with Crippen LogP contribution in [0.15, 0.2) is 30.6 Å². The molecule has 4 rings (SSSR count). The Kier molecular flexibility index (Phi) is 5.29. The Morgan fingerprint density at radius 2 is 2.04 bits per heavy atom. The van der Waals surface area contributed by atoms with Crippen LogP contribution in [0.2, 0.25) is 0 Å². The van der Waals surface area contributed by atoms with Crippen LogP contribution in [0, 0.1) is 0 Å². The van der Waals surface area contributed by atoms with Gasteiger partial charge in [-0.25, -0.2) is 4.98 Å². The van der Waals surface area contributed by atoms with Crippen LogP contribution in [-0.2, 0) is 11.8 Å². The summed E-state index contributed by atoms with van der Waals surface area (Å²) in [5.41, 5.74) is 0.540. The zero-order valence-electron chi connectivity index (χ0n) is 15.9. The highest BCUT2D eigenvalue weighted by Gasteiger charge is 2.30. The van der Waals surface area contributed by atoms with E-state index in [4.69, 9.17) is 9.47 Å². The van der Waals surface area contributed by atoms with Gasteiger partial charge in [-0.05, 0) is 18.2 Å². The molecule has 1 aromatic heterocycles. The predicted octanol–water partition coefficient (Wildman–Crippen LogP) is 1.33. The van der Waals surface area contributed by atoms with Crippen molar-refractivity contribution < 1.29 is 19.1 Å². The molecule has 0 spiro atoms. The highest BCUT2D eigenvalue weighted by molar-refractivity contribution is 5.98. The molecule has 1 atom stereocenters. The minimum Gasteiger partial charge on any atom is -0.486 e. The molecule has 1 amide bonds. The number of aryl methyl sites for hydroxylation is 1. The van der Waals surface area contributed by atoms with Crippen molar-refractivity contribution in [3.63, 3.8) is 0 Å². The fourth-order valence-corrected chi connectivity index (χ4v) is 3.66. The predicted molar refractivity (Wildman–Crippen MR) is 102 cm³/mol. The average molecular weight is 384 g/mol. The van der Waals surface area contributed by atoms with Gasteiger partial charge in [0.05, 0.1) is 0 Å². The molecule has 2 aliphatic rings. The second-order valence-electron chi connectivity index (χ2n) is 6.99. The molecule has 0 saturated carbocycles. The highest BCUT2D eigenvalue weighted by Crippen LogP contribution is 2.31. The molecule has 1 saturated heterocycles. The topological polar surface area (TPSA) is 85.7 Å². The second-order valence-corrected chi connectivity index (χ2v) is 6.99. The number of nitrogens with one attached hydrogen (secondary N) is 1. The largest absolute Gasteiger partial charge is 0.486 e. The lowest BCUT2D eigenvalue weighted by Crippen LogP contribution is -2.49. The number of ketones is 1. The van der Waals surface area contributed by atoms with Crippen molar-refractivity contribution in [2.75, 3.05) is 32.8 Å². The van der Waals surface area contributed by atoms with Crippen molar-refractivity contribution >= 4 is 11.7 Å². The normalized spacial score (nSPS) is 18.8. The Balaban J connectivity index is 1.40. The quantitative estimate of drug-likeness (QED) is 0.783. The van der Waals surface area contributed by atoms with Crippen LogP contribution in [-0.4, -0.2) is 59.0 Å². The van der Waals surface area contributed by atoms with Crippen molar-refractivity contribution in [3.05, 3.63) is 42.0 Å². The Morgan fingerprint density at radius 1 is 1.21 bits per heavy atom. The lowest BCUT2D eigenvalue weighted by atomic mass is 10.0. The number of hydrogen-bond acceptors (Lipinski definition) is 6. The van der Waals surface area contributed by atoms with Crippen molar-refractivity contribution in [1.82, 2.24) is 19.8 Å². The number of rotatable bonds is 5. The molecule has 2 aliphatic heterocycles. The standard InChI is InChI=1S/C20H24N4O4/c1-23-8-7-22-20(23)15-13-21-6-9-24(15)19(26)5-3-16(25)14-2-4-17-18(12-14)28-11-10-27-17/h2,4,7-8,12,15,21H,3,5-6,9-11,13H2,1H3. The molecular formula is C20H24N4O4. The zero-order chi connectivity index (χ0) is 19.5. The lowest BCUT2D eigenvalue weighted by molar-refractivity contribution is -0.134. The van der Waals surface area contributed by atoms with Crippen molar-refractivity contribution in [2.24, 2.45) is 7.05 Å². The van der Waals surface area contributed by atoms with E-state index in [9.17, 15) is 9.59 Å². The maximum absolute atomic E-state index is 12.8. The van der Waals surface area contributed by atoms with Gasteiger partial charge in [0.15, 0.2) is 17.3 Å². The van der Waals surface area contributed by atoms with Crippen LogP contribution in [0.25, 0.3) is 0 Å². The van der Waals surface area contributed by atoms with E-state index >= 15 is 0 Å². The first-order valence-corrected chi connectivity index (χ1v) is 9.54. The van der Waals surface area contributed by atoms with E-state index < -0.39 is 0 Å². The molecule has 28 heavy (non-hydrogen) atoms. The Hall–Kier alpha value is -2.87. The van der Waals surface area contributed by atoms with E-state index in [2.05, 4.69) is 10.3 Å². The number of ether oxygens (including phenoxy) is 2. The summed E-state index contributed by atoms with van der Waals surface area (Å²) in [5.74, 6) is 1.98. The first kappa shape index (κ1) is 18.5. The smallest absolute Gasteiger partial charge is 0.223 e. The molecule has 148 valence electrons. The van der Waals surface area contributed by atoms with E-state index in [-0.39, 0.29) is 30.6 Å². The Morgan fingerprint density at radius 3 is 2.82 bits per heavy atom. The van der Waals surface area contributed by atoms with Gasteiger partial charge in [0.25, 0.3) is 0 Å². The van der Waals surface area contributed by atoms with E-state index in [1.54, 1.807) is 24.4 Å². The van der Waals surface area contributed by atoms with Gasteiger partial charge >= 0.3 is 0 Å². The number of imidazole rings is 1. The van der Waals surface area contributed by atoms with Crippen LogP contribution in [0.1, 0.15) is 35.1 Å². The molecular weight excluding hydrogens is 360 g/mol. The van der Waals surface area contributed by atoms with Gasteiger partial charge in [-0.15, -0.1) is 0 Å². The molecule has 1 unspecified atom stereocenters. The van der Waals surface area contributed by atoms with Crippen molar-refractivity contribution in [1.29, 1.82) is 0 Å². The number of carbonyl (C=O) groups is 2. The van der Waals surface area contributed by atoms with Crippen LogP contribution in [0.3, 0.4) is 0 Å². The third kappa shape index (κ3) is 3.73. The summed E-state index contributed by atoms with van der Waals surface area (Å²) in [6.07, 6.45) is 3.94. The minimum atomic E-state index is -0.120. The number of carbonyl (C=O) groups excluding carboxylic acids is 2. The number of benzene rings is 1. The minimum absolute atomic E-state index is 0.0274. The molecule has 0 aliphatic carbocycles. The molecule has 8 heteroatoms. The SMILES string of the molecule is Cn1ccnc1C1CNCCN1C(=O)CCC(=O)c1ccc2c(c1)OCCO2. The number of amides is 1. The van der Waals surface area contributed by atoms with E-state index in [1.807, 2.05) is 22.7 Å². The van der Waals surface area contributed by atoms with Crippen LogP contribution in [0.4, 0.5) is 0 Å². The zero-order valence-corrected chi connectivity index (χ0v) is 15.9. The van der Waals surface area contributed by atoms with Gasteiger partial charge in [-0.3, -0.25) is 9.59 Å². The second kappa shape index (κ2) is 8.02. The van der Waals surface area contributed by atoms with Gasteiger partial charge in [0.2, 0.25) is 5.91 Å². The number of fused-ring (bicyclic) bond motifs is 1. The molecule has 8 nitrogen and oxygen atoms in total. The molecule has 1 N–H and O–H groups in total. The van der Waals surface area contributed by atoms with Crippen LogP contribution < -0.4 is 14.8 Å². The van der Waals surface area contributed by atoms with E-state index in [0.29, 0.717) is 43.4 Å². The molecule has 2 aromatic rings. The number of piperazine rings is 1. The van der Waals surface area contributed by atoms with Gasteiger partial charge in [0, 0.05) is 57.5 Å². The molecule has 0 bridgehead atoms. The lowest BCUT2D eigenvalue weighted by Gasteiger charge is -2.35. The number of hydrogen-bond donors (Lipinski definition) is 1. The van der Waals surface area contributed by atoms with Gasteiger partial charge in [-0.1, -0.05) is 0 Å². The maximum atomic E-state index is 12.8. The average Bonchev–Trinajstić information content (AvgIpc) is 3.17. The summed E-state index contributed by atoms with van der Waals surface area (Å²) < 4.78 is 12.9. The Bertz CT molecular complexity index is 879. The van der Waals surface area contributed by atoms with E-state index in [0.717, 1.165) is 12.4 Å². The van der Waals surface area contributed by atoms with Crippen LogP contribution >= 0.6 is 0 Å². The molecule has 1 aromatic carbocycles. The monoisotopic (exact) mass is 384 g/mol. The molecule has 1 fully saturated rings. The summed E-state index contributed by atoms with van der Waals surface area (Å²) in [6.45, 7) is 2.99. The highest BCUT2D eigenvalue weighted by atomic mass is 16.6. The fraction of sp³-hybridized carbons (Fsp3) is 0.450. The third-order valence-corrected chi connectivity index (χ3v) is 5.15. The van der Waals surface area contributed by atoms with Crippen molar-refractivity contribution in [2.45, 2.75) is 18.9 Å². The summed E-state index contributed by atoms with van der Waals surface area (Å²) in [7, 11) is 1.92. The fourth-order valence-electron chi connectivity index (χ4n) is 3.66. The number of Topliss-reactive ketones (excluding diaryl/α,β-unsaturated/α-hetero) is 1. The maximum Gasteiger partial charge on any atom is 0.223 e. The van der Waals surface area contributed by atoms with Gasteiger partial charge in [-0.2, -0.15) is 0 Å². The third-order valence-electron chi connectivity index (χ3n) is 5.15. The van der Waals surface area contributed by atoms with Crippen molar-refractivity contribution in [3.8, 4) is 11.5 Å². The number of nitrogens with zero attached hydrogens (tertiary/aromatic N) is 3. The summed E-state index contributed by atoms with van der Waals surface area (Å²) in [6, 6.07) is 5.05. The number of aromatic nitrogens is 2. The molecule has 0 radical (unpaired) electrons. The summed E-state index contributed by atoms with van der Waals surface area (Å²) in [5, 5.41) is 3.31.